The summed E-state index contributed by atoms with van der Waals surface area (Å²) in [5, 5.41) is 2.49. The molecule has 2 aromatic rings. The molecule has 0 aliphatic carbocycles. The average molecular weight is 408 g/mol. The zero-order valence-electron chi connectivity index (χ0n) is 15.1. The van der Waals surface area contributed by atoms with Crippen LogP contribution in [0, 0.1) is 17.6 Å². The number of halogens is 2. The van der Waals surface area contributed by atoms with Crippen molar-refractivity contribution in [1.82, 2.24) is 4.90 Å². The number of anilines is 1. The summed E-state index contributed by atoms with van der Waals surface area (Å²) in [5.41, 5.74) is 0.230. The molecule has 2 aromatic carbocycles. The predicted octanol–water partition coefficient (Wildman–Crippen LogP) is 2.18. The van der Waals surface area contributed by atoms with Gasteiger partial charge in [0, 0.05) is 31.8 Å². The maximum Gasteiger partial charge on any atom is 0.237 e. The van der Waals surface area contributed by atoms with Crippen molar-refractivity contribution in [3.63, 3.8) is 0 Å². The van der Waals surface area contributed by atoms with Gasteiger partial charge in [-0.25, -0.2) is 17.2 Å². The van der Waals surface area contributed by atoms with Crippen molar-refractivity contribution < 1.29 is 26.8 Å². The van der Waals surface area contributed by atoms with E-state index in [2.05, 4.69) is 5.32 Å². The standard InChI is InChI=1S/C19H18F2N2O4S/c1-23-10-14(11-7-12(20)9-13(21)8-11)17(19(23)25)18(24)22-15-5-3-4-6-16(15)28(2,26)27/h3-9,14,17H,10H2,1-2H3,(H,22,24)/t14-,17+/m1/s1. The van der Waals surface area contributed by atoms with Gasteiger partial charge in [-0.1, -0.05) is 12.1 Å². The Balaban J connectivity index is 1.96. The first-order valence-electron chi connectivity index (χ1n) is 8.39. The Morgan fingerprint density at radius 1 is 1.14 bits per heavy atom. The van der Waals surface area contributed by atoms with E-state index < -0.39 is 45.1 Å². The highest BCUT2D eigenvalue weighted by atomic mass is 32.2. The molecule has 1 fully saturated rings. The van der Waals surface area contributed by atoms with Crippen LogP contribution in [0.4, 0.5) is 14.5 Å². The molecule has 148 valence electrons. The lowest BCUT2D eigenvalue weighted by molar-refractivity contribution is -0.135. The van der Waals surface area contributed by atoms with Gasteiger partial charge in [-0.15, -0.1) is 0 Å². The van der Waals surface area contributed by atoms with E-state index in [9.17, 15) is 26.8 Å². The molecule has 28 heavy (non-hydrogen) atoms. The third-order valence-corrected chi connectivity index (χ3v) is 5.81. The number of nitrogens with zero attached hydrogens (tertiary/aromatic N) is 1. The van der Waals surface area contributed by atoms with Crippen molar-refractivity contribution in [2.75, 3.05) is 25.2 Å². The van der Waals surface area contributed by atoms with Crippen LogP contribution in [0.25, 0.3) is 0 Å². The molecule has 6 nitrogen and oxygen atoms in total. The van der Waals surface area contributed by atoms with Gasteiger partial charge in [-0.05, 0) is 29.8 Å². The second-order valence-corrected chi connectivity index (χ2v) is 8.75. The molecule has 0 unspecified atom stereocenters. The number of amides is 2. The topological polar surface area (TPSA) is 83.6 Å². The van der Waals surface area contributed by atoms with Gasteiger partial charge in [-0.3, -0.25) is 9.59 Å². The number of benzene rings is 2. The van der Waals surface area contributed by atoms with E-state index in [1.807, 2.05) is 0 Å². The molecular weight excluding hydrogens is 390 g/mol. The minimum Gasteiger partial charge on any atom is -0.344 e. The highest BCUT2D eigenvalue weighted by Gasteiger charge is 2.44. The molecule has 1 aliphatic heterocycles. The van der Waals surface area contributed by atoms with Crippen LogP contribution in [0.5, 0.6) is 0 Å². The van der Waals surface area contributed by atoms with Crippen molar-refractivity contribution in [3.8, 4) is 0 Å². The molecule has 2 atom stereocenters. The Morgan fingerprint density at radius 3 is 2.36 bits per heavy atom. The summed E-state index contributed by atoms with van der Waals surface area (Å²) in [6.07, 6.45) is 1.00. The molecule has 1 saturated heterocycles. The van der Waals surface area contributed by atoms with Crippen LogP contribution >= 0.6 is 0 Å². The van der Waals surface area contributed by atoms with Crippen LogP contribution in [0.3, 0.4) is 0 Å². The lowest BCUT2D eigenvalue weighted by Gasteiger charge is -2.18. The quantitative estimate of drug-likeness (QED) is 0.786. The second-order valence-electron chi connectivity index (χ2n) is 6.76. The van der Waals surface area contributed by atoms with E-state index >= 15 is 0 Å². The molecule has 9 heteroatoms. The summed E-state index contributed by atoms with van der Waals surface area (Å²) in [4.78, 5) is 26.6. The first-order chi connectivity index (χ1) is 13.1. The van der Waals surface area contributed by atoms with Gasteiger partial charge in [0.15, 0.2) is 9.84 Å². The lowest BCUT2D eigenvalue weighted by Crippen LogP contribution is -2.33. The number of likely N-dealkylation sites (N-methyl/N-ethyl adjacent to an activating group) is 1. The molecular formula is C19H18F2N2O4S. The summed E-state index contributed by atoms with van der Waals surface area (Å²) in [6.45, 7) is 0.105. The fourth-order valence-electron chi connectivity index (χ4n) is 3.39. The number of nitrogens with one attached hydrogen (secondary N) is 1. The number of rotatable bonds is 4. The summed E-state index contributed by atoms with van der Waals surface area (Å²) in [5.74, 6) is -4.87. The van der Waals surface area contributed by atoms with Gasteiger partial charge in [0.2, 0.25) is 11.8 Å². The zero-order valence-corrected chi connectivity index (χ0v) is 16.0. The summed E-state index contributed by atoms with van der Waals surface area (Å²) >= 11 is 0. The predicted molar refractivity (Wildman–Crippen MR) is 98.4 cm³/mol. The normalized spacial score (nSPS) is 19.7. The SMILES string of the molecule is CN1C[C@H](c2cc(F)cc(F)c2)[C@@H](C(=O)Nc2ccccc2S(C)(=O)=O)C1=O. The monoisotopic (exact) mass is 408 g/mol. The van der Waals surface area contributed by atoms with E-state index in [1.165, 1.54) is 30.1 Å². The van der Waals surface area contributed by atoms with Gasteiger partial charge in [0.05, 0.1) is 10.6 Å². The number of sulfone groups is 1. The van der Waals surface area contributed by atoms with Gasteiger partial charge in [-0.2, -0.15) is 0 Å². The number of likely N-dealkylation sites (tertiary alicyclic amines) is 1. The number of hydrogen-bond donors (Lipinski definition) is 1. The molecule has 0 spiro atoms. The Labute approximate surface area is 161 Å². The first-order valence-corrected chi connectivity index (χ1v) is 10.3. The fourth-order valence-corrected chi connectivity index (χ4v) is 4.23. The highest BCUT2D eigenvalue weighted by molar-refractivity contribution is 7.90. The summed E-state index contributed by atoms with van der Waals surface area (Å²) < 4.78 is 51.1. The van der Waals surface area contributed by atoms with E-state index in [4.69, 9.17) is 0 Å². The van der Waals surface area contributed by atoms with Crippen LogP contribution in [0.2, 0.25) is 0 Å². The molecule has 1 N–H and O–H groups in total. The van der Waals surface area contributed by atoms with Crippen LogP contribution in [0.1, 0.15) is 11.5 Å². The molecule has 0 bridgehead atoms. The third kappa shape index (κ3) is 3.89. The van der Waals surface area contributed by atoms with Crippen LogP contribution in [0.15, 0.2) is 47.4 Å². The van der Waals surface area contributed by atoms with Crippen LogP contribution in [-0.2, 0) is 19.4 Å². The maximum absolute atomic E-state index is 13.6. The Bertz CT molecular complexity index is 1040. The van der Waals surface area contributed by atoms with Gasteiger partial charge < -0.3 is 10.2 Å². The number of para-hydroxylation sites is 1. The fraction of sp³-hybridized carbons (Fsp3) is 0.263. The number of carbonyl (C=O) groups is 2. The number of carbonyl (C=O) groups excluding carboxylic acids is 2. The smallest absolute Gasteiger partial charge is 0.237 e. The minimum atomic E-state index is -3.61. The van der Waals surface area contributed by atoms with E-state index in [1.54, 1.807) is 6.07 Å². The van der Waals surface area contributed by atoms with Crippen molar-refractivity contribution in [1.29, 1.82) is 0 Å². The van der Waals surface area contributed by atoms with E-state index in [0.717, 1.165) is 18.4 Å². The molecule has 0 saturated carbocycles. The molecule has 3 rings (SSSR count). The molecule has 1 aliphatic rings. The Hall–Kier alpha value is -2.81. The Morgan fingerprint density at radius 2 is 1.75 bits per heavy atom. The van der Waals surface area contributed by atoms with Crippen molar-refractivity contribution in [3.05, 3.63) is 59.7 Å². The van der Waals surface area contributed by atoms with Crippen LogP contribution in [-0.4, -0.2) is 45.0 Å². The van der Waals surface area contributed by atoms with E-state index in [-0.39, 0.29) is 22.7 Å². The highest BCUT2D eigenvalue weighted by Crippen LogP contribution is 2.35. The molecule has 0 radical (unpaired) electrons. The number of hydrogen-bond acceptors (Lipinski definition) is 4. The molecule has 2 amide bonds. The van der Waals surface area contributed by atoms with Gasteiger partial charge in [0.1, 0.15) is 17.6 Å². The van der Waals surface area contributed by atoms with Crippen LogP contribution < -0.4 is 5.32 Å². The summed E-state index contributed by atoms with van der Waals surface area (Å²) in [6, 6.07) is 8.70. The third-order valence-electron chi connectivity index (χ3n) is 4.66. The average Bonchev–Trinajstić information content (AvgIpc) is 2.89. The lowest BCUT2D eigenvalue weighted by atomic mass is 9.87. The minimum absolute atomic E-state index is 0.0431. The van der Waals surface area contributed by atoms with Gasteiger partial charge >= 0.3 is 0 Å². The summed E-state index contributed by atoms with van der Waals surface area (Å²) in [7, 11) is -2.12. The Kier molecular flexibility index (Phi) is 5.20. The van der Waals surface area contributed by atoms with Crippen molar-refractivity contribution in [2.45, 2.75) is 10.8 Å². The molecule has 0 aromatic heterocycles. The largest absolute Gasteiger partial charge is 0.344 e. The van der Waals surface area contributed by atoms with Gasteiger partial charge in [0.25, 0.3) is 0 Å². The first kappa shape index (κ1) is 19.9. The molecule has 1 heterocycles. The van der Waals surface area contributed by atoms with Crippen molar-refractivity contribution >= 4 is 27.3 Å². The maximum atomic E-state index is 13.6. The van der Waals surface area contributed by atoms with E-state index in [0.29, 0.717) is 6.07 Å². The second kappa shape index (κ2) is 7.31. The van der Waals surface area contributed by atoms with Crippen molar-refractivity contribution in [2.24, 2.45) is 5.92 Å². The zero-order chi connectivity index (χ0) is 20.6.